The normalized spacial score (nSPS) is 10.9. The highest BCUT2D eigenvalue weighted by molar-refractivity contribution is 7.22. The van der Waals surface area contributed by atoms with Gasteiger partial charge in [-0.25, -0.2) is 4.98 Å². The molecule has 0 aliphatic rings. The predicted octanol–water partition coefficient (Wildman–Crippen LogP) is 6.16. The van der Waals surface area contributed by atoms with Crippen LogP contribution >= 0.6 is 34.5 Å². The summed E-state index contributed by atoms with van der Waals surface area (Å²) in [7, 11) is 1.61. The number of benzene rings is 2. The molecule has 0 saturated heterocycles. The fourth-order valence-corrected chi connectivity index (χ4v) is 4.67. The summed E-state index contributed by atoms with van der Waals surface area (Å²) < 4.78 is 6.43. The van der Waals surface area contributed by atoms with Crippen LogP contribution in [0, 0.1) is 6.92 Å². The number of methoxy groups -OCH3 is 1. The lowest BCUT2D eigenvalue weighted by atomic mass is 10.2. The van der Waals surface area contributed by atoms with Crippen LogP contribution < -0.4 is 9.64 Å². The Kier molecular flexibility index (Phi) is 5.90. The average molecular weight is 458 g/mol. The first kappa shape index (κ1) is 20.6. The molecule has 8 heteroatoms. The molecule has 2 heterocycles. The fourth-order valence-electron chi connectivity index (χ4n) is 3.09. The maximum absolute atomic E-state index is 13.5. The van der Waals surface area contributed by atoms with Gasteiger partial charge in [0.2, 0.25) is 0 Å². The Morgan fingerprint density at radius 1 is 1.13 bits per heavy atom. The molecule has 4 aromatic rings. The third-order valence-electron chi connectivity index (χ3n) is 4.54. The molecule has 0 aliphatic carbocycles. The van der Waals surface area contributed by atoms with Crippen molar-refractivity contribution >= 4 is 55.8 Å². The number of aromatic nitrogens is 2. The molecule has 0 spiro atoms. The number of hydrogen-bond acceptors (Lipinski definition) is 5. The first-order valence-corrected chi connectivity index (χ1v) is 10.7. The van der Waals surface area contributed by atoms with E-state index in [1.54, 1.807) is 36.4 Å². The van der Waals surface area contributed by atoms with Crippen LogP contribution in [0.1, 0.15) is 21.6 Å². The van der Waals surface area contributed by atoms with Crippen LogP contribution in [0.4, 0.5) is 5.13 Å². The highest BCUT2D eigenvalue weighted by Crippen LogP contribution is 2.37. The van der Waals surface area contributed by atoms with E-state index in [0.29, 0.717) is 26.5 Å². The number of fused-ring (bicyclic) bond motifs is 1. The Bertz CT molecular complexity index is 1210. The van der Waals surface area contributed by atoms with E-state index in [9.17, 15) is 4.79 Å². The molecular formula is C22H17Cl2N3O2S. The van der Waals surface area contributed by atoms with Gasteiger partial charge in [-0.1, -0.05) is 46.7 Å². The SMILES string of the molecule is COc1ccc(C)c2sc(N(Cc3ccccn3)C(=O)c3cc(Cl)cc(Cl)c3)nc12. The van der Waals surface area contributed by atoms with Gasteiger partial charge in [0.25, 0.3) is 5.91 Å². The minimum absolute atomic E-state index is 0.255. The van der Waals surface area contributed by atoms with Crippen molar-refractivity contribution in [3.63, 3.8) is 0 Å². The second-order valence-electron chi connectivity index (χ2n) is 6.63. The van der Waals surface area contributed by atoms with Crippen LogP contribution in [-0.4, -0.2) is 23.0 Å². The lowest BCUT2D eigenvalue weighted by molar-refractivity contribution is 0.0985. The number of amides is 1. The lowest BCUT2D eigenvalue weighted by Gasteiger charge is -2.20. The number of hydrogen-bond donors (Lipinski definition) is 0. The topological polar surface area (TPSA) is 55.3 Å². The molecule has 0 aliphatic heterocycles. The number of ether oxygens (including phenoxy) is 1. The van der Waals surface area contributed by atoms with Crippen molar-refractivity contribution in [3.8, 4) is 5.75 Å². The minimum Gasteiger partial charge on any atom is -0.494 e. The van der Waals surface area contributed by atoms with Gasteiger partial charge in [0.1, 0.15) is 11.3 Å². The van der Waals surface area contributed by atoms with E-state index < -0.39 is 0 Å². The van der Waals surface area contributed by atoms with Gasteiger partial charge in [-0.3, -0.25) is 14.7 Å². The van der Waals surface area contributed by atoms with E-state index in [4.69, 9.17) is 32.9 Å². The number of thiazole rings is 1. The molecule has 4 rings (SSSR count). The first-order valence-electron chi connectivity index (χ1n) is 9.08. The quantitative estimate of drug-likeness (QED) is 0.359. The van der Waals surface area contributed by atoms with E-state index in [2.05, 4.69) is 4.98 Å². The number of aryl methyl sites for hydroxylation is 1. The van der Waals surface area contributed by atoms with Crippen LogP contribution in [0.15, 0.2) is 54.7 Å². The minimum atomic E-state index is -0.263. The Morgan fingerprint density at radius 2 is 1.90 bits per heavy atom. The van der Waals surface area contributed by atoms with Gasteiger partial charge in [0.05, 0.1) is 24.0 Å². The van der Waals surface area contributed by atoms with E-state index >= 15 is 0 Å². The zero-order valence-corrected chi connectivity index (χ0v) is 18.6. The van der Waals surface area contributed by atoms with Crippen molar-refractivity contribution in [2.24, 2.45) is 0 Å². The molecule has 2 aromatic heterocycles. The molecule has 0 saturated carbocycles. The van der Waals surface area contributed by atoms with Crippen LogP contribution in [0.25, 0.3) is 10.2 Å². The van der Waals surface area contributed by atoms with Crippen molar-refractivity contribution in [3.05, 3.63) is 81.6 Å². The van der Waals surface area contributed by atoms with Crippen molar-refractivity contribution in [2.75, 3.05) is 12.0 Å². The van der Waals surface area contributed by atoms with Crippen LogP contribution in [0.3, 0.4) is 0 Å². The van der Waals surface area contributed by atoms with Crippen molar-refractivity contribution in [2.45, 2.75) is 13.5 Å². The van der Waals surface area contributed by atoms with Gasteiger partial charge in [0.15, 0.2) is 5.13 Å². The summed E-state index contributed by atoms with van der Waals surface area (Å²) in [5.74, 6) is 0.398. The summed E-state index contributed by atoms with van der Waals surface area (Å²) in [5, 5.41) is 1.33. The number of nitrogens with zero attached hydrogens (tertiary/aromatic N) is 3. The molecule has 152 valence electrons. The largest absolute Gasteiger partial charge is 0.494 e. The Balaban J connectivity index is 1.84. The molecule has 0 radical (unpaired) electrons. The maximum atomic E-state index is 13.5. The number of pyridine rings is 1. The van der Waals surface area contributed by atoms with Crippen molar-refractivity contribution in [1.82, 2.24) is 9.97 Å². The molecule has 1 amide bonds. The maximum Gasteiger partial charge on any atom is 0.260 e. The molecule has 0 bridgehead atoms. The Hall–Kier alpha value is -2.67. The summed E-state index contributed by atoms with van der Waals surface area (Å²) in [6.07, 6.45) is 1.69. The van der Waals surface area contributed by atoms with Crippen LogP contribution in [0.2, 0.25) is 10.0 Å². The molecule has 30 heavy (non-hydrogen) atoms. The third-order valence-corrected chi connectivity index (χ3v) is 6.19. The zero-order chi connectivity index (χ0) is 21.3. The standard InChI is InChI=1S/C22H17Cl2N3O2S/c1-13-6-7-18(29-2)19-20(13)30-22(26-19)27(12-17-5-3-4-8-25-17)21(28)14-9-15(23)11-16(24)10-14/h3-11H,12H2,1-2H3. The fraction of sp³-hybridized carbons (Fsp3) is 0.136. The highest BCUT2D eigenvalue weighted by atomic mass is 35.5. The number of anilines is 1. The van der Waals surface area contributed by atoms with Gasteiger partial charge in [-0.15, -0.1) is 0 Å². The number of rotatable bonds is 5. The summed E-state index contributed by atoms with van der Waals surface area (Å²) >= 11 is 13.7. The van der Waals surface area contributed by atoms with E-state index in [1.807, 2.05) is 37.3 Å². The molecule has 0 unspecified atom stereocenters. The second kappa shape index (κ2) is 8.60. The zero-order valence-electron chi connectivity index (χ0n) is 16.2. The summed E-state index contributed by atoms with van der Waals surface area (Å²) in [5.41, 5.74) is 2.90. The second-order valence-corrected chi connectivity index (χ2v) is 8.48. The van der Waals surface area contributed by atoms with Gasteiger partial charge >= 0.3 is 0 Å². The van der Waals surface area contributed by atoms with Crippen molar-refractivity contribution < 1.29 is 9.53 Å². The van der Waals surface area contributed by atoms with Crippen LogP contribution in [-0.2, 0) is 6.54 Å². The molecule has 0 N–H and O–H groups in total. The summed E-state index contributed by atoms with van der Waals surface area (Å²) in [6, 6.07) is 14.2. The van der Waals surface area contributed by atoms with E-state index in [-0.39, 0.29) is 12.5 Å². The predicted molar refractivity (Wildman–Crippen MR) is 122 cm³/mol. The molecule has 0 atom stereocenters. The van der Waals surface area contributed by atoms with Gasteiger partial charge in [0, 0.05) is 21.8 Å². The highest BCUT2D eigenvalue weighted by Gasteiger charge is 2.24. The van der Waals surface area contributed by atoms with Gasteiger partial charge in [-0.05, 0) is 48.9 Å². The number of carbonyl (C=O) groups excluding carboxylic acids is 1. The van der Waals surface area contributed by atoms with Crippen molar-refractivity contribution in [1.29, 1.82) is 0 Å². The smallest absolute Gasteiger partial charge is 0.260 e. The third kappa shape index (κ3) is 4.12. The molecular weight excluding hydrogens is 441 g/mol. The number of carbonyl (C=O) groups is 1. The molecule has 5 nitrogen and oxygen atoms in total. The summed E-state index contributed by atoms with van der Waals surface area (Å²) in [4.78, 5) is 24.2. The Labute approximate surface area is 187 Å². The Morgan fingerprint density at radius 3 is 2.57 bits per heavy atom. The first-order chi connectivity index (χ1) is 14.5. The molecule has 2 aromatic carbocycles. The van der Waals surface area contributed by atoms with Gasteiger partial charge in [-0.2, -0.15) is 0 Å². The van der Waals surface area contributed by atoms with E-state index in [1.165, 1.54) is 11.3 Å². The van der Waals surface area contributed by atoms with Crippen LogP contribution in [0.5, 0.6) is 5.75 Å². The molecule has 0 fully saturated rings. The van der Waals surface area contributed by atoms with E-state index in [0.717, 1.165) is 21.5 Å². The summed E-state index contributed by atoms with van der Waals surface area (Å²) in [6.45, 7) is 2.26. The average Bonchev–Trinajstić information content (AvgIpc) is 3.18. The van der Waals surface area contributed by atoms with Gasteiger partial charge < -0.3 is 4.74 Å². The lowest BCUT2D eigenvalue weighted by Crippen LogP contribution is -2.30. The monoisotopic (exact) mass is 457 g/mol. The number of halogens is 2.